The van der Waals surface area contributed by atoms with Crippen LogP contribution in [0.3, 0.4) is 0 Å². The summed E-state index contributed by atoms with van der Waals surface area (Å²) in [5, 5.41) is 10.0. The van der Waals surface area contributed by atoms with Crippen molar-refractivity contribution in [2.45, 2.75) is 18.8 Å². The molecule has 1 aliphatic rings. The van der Waals surface area contributed by atoms with Crippen LogP contribution in [0.1, 0.15) is 34.9 Å². The van der Waals surface area contributed by atoms with E-state index >= 15 is 0 Å². The van der Waals surface area contributed by atoms with E-state index < -0.39 is 5.91 Å². The summed E-state index contributed by atoms with van der Waals surface area (Å²) in [6.07, 6.45) is 2.29. The minimum Gasteiger partial charge on any atom is -0.364 e. The van der Waals surface area contributed by atoms with Crippen molar-refractivity contribution >= 4 is 5.91 Å². The zero-order valence-corrected chi connectivity index (χ0v) is 7.92. The molecule has 1 aromatic heterocycles. The second-order valence-corrected chi connectivity index (χ2v) is 3.62. The number of nitrogens with zero attached hydrogens (tertiary/aromatic N) is 1. The van der Waals surface area contributed by atoms with Crippen LogP contribution in [0.5, 0.6) is 0 Å². The van der Waals surface area contributed by atoms with Gasteiger partial charge in [-0.05, 0) is 25.5 Å². The lowest BCUT2D eigenvalue weighted by Crippen LogP contribution is -2.28. The molecule has 0 aliphatic carbocycles. The first-order chi connectivity index (χ1) is 6.77. The third-order valence-corrected chi connectivity index (χ3v) is 2.59. The van der Waals surface area contributed by atoms with Crippen LogP contribution in [0, 0.1) is 0 Å². The van der Waals surface area contributed by atoms with Crippen molar-refractivity contribution in [2.24, 2.45) is 5.73 Å². The largest absolute Gasteiger partial charge is 0.364 e. The number of aromatic nitrogens is 2. The molecule has 1 amide bonds. The minimum absolute atomic E-state index is 0.325. The Kier molecular flexibility index (Phi) is 2.49. The Balaban J connectivity index is 2.11. The number of aromatic amines is 1. The maximum Gasteiger partial charge on any atom is 0.269 e. The number of rotatable bonds is 2. The molecule has 0 bridgehead atoms. The molecule has 0 radical (unpaired) electrons. The SMILES string of the molecule is NC(=O)c1cc([C@H]2CCCNC2)[nH]n1. The summed E-state index contributed by atoms with van der Waals surface area (Å²) in [6.45, 7) is 2.02. The van der Waals surface area contributed by atoms with Crippen LogP contribution in [0.15, 0.2) is 6.07 Å². The first-order valence-electron chi connectivity index (χ1n) is 4.83. The van der Waals surface area contributed by atoms with Crippen LogP contribution in [-0.4, -0.2) is 29.2 Å². The molecule has 2 heterocycles. The second kappa shape index (κ2) is 3.79. The maximum absolute atomic E-state index is 10.8. The molecular weight excluding hydrogens is 180 g/mol. The van der Waals surface area contributed by atoms with Crippen molar-refractivity contribution < 1.29 is 4.79 Å². The normalized spacial score (nSPS) is 22.1. The highest BCUT2D eigenvalue weighted by molar-refractivity contribution is 5.90. The van der Waals surface area contributed by atoms with Gasteiger partial charge < -0.3 is 11.1 Å². The zero-order valence-electron chi connectivity index (χ0n) is 7.92. The molecule has 5 heteroatoms. The van der Waals surface area contributed by atoms with E-state index in [1.54, 1.807) is 6.07 Å². The number of hydrogen-bond donors (Lipinski definition) is 3. The average Bonchev–Trinajstić information content (AvgIpc) is 2.68. The van der Waals surface area contributed by atoms with Gasteiger partial charge in [0.2, 0.25) is 0 Å². The Morgan fingerprint density at radius 2 is 2.50 bits per heavy atom. The van der Waals surface area contributed by atoms with Gasteiger partial charge >= 0.3 is 0 Å². The highest BCUT2D eigenvalue weighted by Crippen LogP contribution is 2.21. The summed E-state index contributed by atoms with van der Waals surface area (Å²) >= 11 is 0. The zero-order chi connectivity index (χ0) is 9.97. The Hall–Kier alpha value is -1.36. The fourth-order valence-electron chi connectivity index (χ4n) is 1.79. The summed E-state index contributed by atoms with van der Waals surface area (Å²) in [5.74, 6) is -0.0411. The van der Waals surface area contributed by atoms with Crippen molar-refractivity contribution in [1.82, 2.24) is 15.5 Å². The third-order valence-electron chi connectivity index (χ3n) is 2.59. The van der Waals surface area contributed by atoms with Crippen LogP contribution < -0.4 is 11.1 Å². The Bertz CT molecular complexity index is 327. The van der Waals surface area contributed by atoms with Crippen LogP contribution in [0.2, 0.25) is 0 Å². The maximum atomic E-state index is 10.8. The van der Waals surface area contributed by atoms with E-state index in [1.807, 2.05) is 0 Å². The van der Waals surface area contributed by atoms with Crippen LogP contribution in [-0.2, 0) is 0 Å². The summed E-state index contributed by atoms with van der Waals surface area (Å²) in [5.41, 5.74) is 6.45. The molecule has 0 saturated carbocycles. The monoisotopic (exact) mass is 194 g/mol. The topological polar surface area (TPSA) is 83.8 Å². The number of carbonyl (C=O) groups is 1. The third kappa shape index (κ3) is 1.77. The molecule has 5 nitrogen and oxygen atoms in total. The van der Waals surface area contributed by atoms with E-state index in [4.69, 9.17) is 5.73 Å². The van der Waals surface area contributed by atoms with Crippen LogP contribution in [0.25, 0.3) is 0 Å². The number of hydrogen-bond acceptors (Lipinski definition) is 3. The number of H-pyrrole nitrogens is 1. The van der Waals surface area contributed by atoms with Gasteiger partial charge in [-0.2, -0.15) is 5.10 Å². The molecule has 0 unspecified atom stereocenters. The Labute approximate surface area is 82.1 Å². The van der Waals surface area contributed by atoms with E-state index in [9.17, 15) is 4.79 Å². The fourth-order valence-corrected chi connectivity index (χ4v) is 1.79. The number of nitrogens with two attached hydrogens (primary N) is 1. The van der Waals surface area contributed by atoms with Crippen molar-refractivity contribution in [3.63, 3.8) is 0 Å². The molecular formula is C9H14N4O. The highest BCUT2D eigenvalue weighted by atomic mass is 16.1. The van der Waals surface area contributed by atoms with E-state index in [0.717, 1.165) is 31.6 Å². The highest BCUT2D eigenvalue weighted by Gasteiger charge is 2.18. The van der Waals surface area contributed by atoms with Crippen LogP contribution >= 0.6 is 0 Å². The van der Waals surface area contributed by atoms with E-state index in [0.29, 0.717) is 11.6 Å². The first kappa shape index (κ1) is 9.21. The van der Waals surface area contributed by atoms with Gasteiger partial charge in [0.1, 0.15) is 5.69 Å². The number of primary amides is 1. The standard InChI is InChI=1S/C9H14N4O/c10-9(14)8-4-7(12-13-8)6-2-1-3-11-5-6/h4,6,11H,1-3,5H2,(H2,10,14)(H,12,13)/t6-/m0/s1. The van der Waals surface area contributed by atoms with Crippen molar-refractivity contribution in [3.8, 4) is 0 Å². The molecule has 0 aromatic carbocycles. The number of nitrogens with one attached hydrogen (secondary N) is 2. The van der Waals surface area contributed by atoms with Gasteiger partial charge in [-0.3, -0.25) is 9.89 Å². The Morgan fingerprint density at radius 1 is 1.64 bits per heavy atom. The first-order valence-corrected chi connectivity index (χ1v) is 4.83. The lowest BCUT2D eigenvalue weighted by molar-refractivity contribution is 0.0995. The second-order valence-electron chi connectivity index (χ2n) is 3.62. The molecule has 1 saturated heterocycles. The smallest absolute Gasteiger partial charge is 0.269 e. The molecule has 0 spiro atoms. The van der Waals surface area contributed by atoms with Gasteiger partial charge in [0.05, 0.1) is 0 Å². The summed E-state index contributed by atoms with van der Waals surface area (Å²) in [6, 6.07) is 1.75. The van der Waals surface area contributed by atoms with E-state index in [2.05, 4.69) is 15.5 Å². The van der Waals surface area contributed by atoms with Gasteiger partial charge in [0.15, 0.2) is 0 Å². The molecule has 1 aromatic rings. The Morgan fingerprint density at radius 3 is 3.07 bits per heavy atom. The van der Waals surface area contributed by atoms with Gasteiger partial charge in [-0.25, -0.2) is 0 Å². The summed E-state index contributed by atoms with van der Waals surface area (Å²) in [7, 11) is 0. The fraction of sp³-hybridized carbons (Fsp3) is 0.556. The average molecular weight is 194 g/mol. The summed E-state index contributed by atoms with van der Waals surface area (Å²) in [4.78, 5) is 10.8. The number of piperidine rings is 1. The van der Waals surface area contributed by atoms with Gasteiger partial charge in [0, 0.05) is 18.2 Å². The van der Waals surface area contributed by atoms with E-state index in [1.165, 1.54) is 0 Å². The lowest BCUT2D eigenvalue weighted by atomic mass is 9.96. The molecule has 76 valence electrons. The molecule has 1 fully saturated rings. The van der Waals surface area contributed by atoms with Crippen molar-refractivity contribution in [1.29, 1.82) is 0 Å². The van der Waals surface area contributed by atoms with Gasteiger partial charge in [-0.15, -0.1) is 0 Å². The van der Waals surface area contributed by atoms with Gasteiger partial charge in [-0.1, -0.05) is 0 Å². The molecule has 1 aliphatic heterocycles. The lowest BCUT2D eigenvalue weighted by Gasteiger charge is -2.20. The van der Waals surface area contributed by atoms with Crippen molar-refractivity contribution in [2.75, 3.05) is 13.1 Å². The predicted molar refractivity (Wildman–Crippen MR) is 52.0 cm³/mol. The number of amides is 1. The van der Waals surface area contributed by atoms with Crippen LogP contribution in [0.4, 0.5) is 0 Å². The minimum atomic E-state index is -0.476. The molecule has 14 heavy (non-hydrogen) atoms. The molecule has 2 rings (SSSR count). The number of carbonyl (C=O) groups excluding carboxylic acids is 1. The van der Waals surface area contributed by atoms with E-state index in [-0.39, 0.29) is 0 Å². The molecule has 1 atom stereocenters. The quantitative estimate of drug-likeness (QED) is 0.618. The van der Waals surface area contributed by atoms with Gasteiger partial charge in [0.25, 0.3) is 5.91 Å². The predicted octanol–water partition coefficient (Wildman–Crippen LogP) is -0.0244. The van der Waals surface area contributed by atoms with Crippen molar-refractivity contribution in [3.05, 3.63) is 17.5 Å². The summed E-state index contributed by atoms with van der Waals surface area (Å²) < 4.78 is 0. The molecule has 4 N–H and O–H groups in total.